The third-order valence-corrected chi connectivity index (χ3v) is 6.37. The lowest BCUT2D eigenvalue weighted by atomic mass is 10.0. The first-order valence-electron chi connectivity index (χ1n) is 11.9. The molecule has 4 heterocycles. The Bertz CT molecular complexity index is 1790. The lowest BCUT2D eigenvalue weighted by Crippen LogP contribution is -2.41. The molecular weight excluding hydrogens is 579 g/mol. The van der Waals surface area contributed by atoms with Gasteiger partial charge < -0.3 is 10.4 Å². The molecule has 0 saturated carbocycles. The van der Waals surface area contributed by atoms with E-state index in [1.807, 2.05) is 0 Å². The molecule has 218 valence electrons. The monoisotopic (exact) mass is 595 g/mol. The number of aliphatic hydroxyl groups is 1. The highest BCUT2D eigenvalue weighted by Crippen LogP contribution is 2.35. The smallest absolute Gasteiger partial charge is 0.391 e. The molecule has 1 aliphatic rings. The van der Waals surface area contributed by atoms with E-state index in [0.29, 0.717) is 35.2 Å². The summed E-state index contributed by atoms with van der Waals surface area (Å²) in [4.78, 5) is 47.5. The van der Waals surface area contributed by atoms with Crippen LogP contribution in [0.2, 0.25) is 0 Å². The molecule has 1 saturated heterocycles. The van der Waals surface area contributed by atoms with Crippen LogP contribution < -0.4 is 15.6 Å². The number of anilines is 1. The first-order chi connectivity index (χ1) is 19.8. The maximum absolute atomic E-state index is 14.8. The molecule has 0 spiro atoms. The fourth-order valence-corrected chi connectivity index (χ4v) is 4.47. The van der Waals surface area contributed by atoms with Crippen molar-refractivity contribution in [3.63, 3.8) is 0 Å². The number of alkyl halides is 3. The van der Waals surface area contributed by atoms with Crippen LogP contribution in [0.1, 0.15) is 28.4 Å². The van der Waals surface area contributed by atoms with Gasteiger partial charge in [-0.1, -0.05) is 6.07 Å². The fourth-order valence-electron chi connectivity index (χ4n) is 4.47. The third kappa shape index (κ3) is 5.15. The summed E-state index contributed by atoms with van der Waals surface area (Å²) in [6.07, 6.45) is -5.54. The van der Waals surface area contributed by atoms with Gasteiger partial charge in [0, 0.05) is 12.3 Å². The van der Waals surface area contributed by atoms with Crippen LogP contribution in [0.25, 0.3) is 16.9 Å². The van der Waals surface area contributed by atoms with Crippen molar-refractivity contribution >= 4 is 28.7 Å². The first-order valence-corrected chi connectivity index (χ1v) is 11.9. The number of amides is 2. The molecule has 0 bridgehead atoms. The van der Waals surface area contributed by atoms with Crippen LogP contribution in [0.5, 0.6) is 0 Å². The van der Waals surface area contributed by atoms with Crippen molar-refractivity contribution < 1.29 is 45.4 Å². The highest BCUT2D eigenvalue weighted by Gasteiger charge is 2.45. The number of carbonyl (C=O) groups is 2. The molecule has 0 aliphatic carbocycles. The zero-order valence-corrected chi connectivity index (χ0v) is 20.8. The van der Waals surface area contributed by atoms with Gasteiger partial charge in [0.05, 0.1) is 36.2 Å². The minimum absolute atomic E-state index is 0.107. The van der Waals surface area contributed by atoms with Crippen LogP contribution >= 0.6 is 0 Å². The van der Waals surface area contributed by atoms with E-state index in [2.05, 4.69) is 9.97 Å². The Morgan fingerprint density at radius 3 is 2.33 bits per heavy atom. The summed E-state index contributed by atoms with van der Waals surface area (Å²) in [5.74, 6) is -8.80. The number of benzene rings is 1. The Morgan fingerprint density at radius 2 is 1.74 bits per heavy atom. The lowest BCUT2D eigenvalue weighted by molar-refractivity contribution is -0.156. The minimum Gasteiger partial charge on any atom is -0.391 e. The molecule has 5 rings (SSSR count). The summed E-state index contributed by atoms with van der Waals surface area (Å²) in [5, 5.41) is 10.8. The van der Waals surface area contributed by atoms with Gasteiger partial charge in [-0.15, -0.1) is 0 Å². The van der Waals surface area contributed by atoms with Crippen LogP contribution in [0.4, 0.5) is 36.6 Å². The Kier molecular flexibility index (Phi) is 7.18. The molecular formula is C26H16F7N5O4. The Morgan fingerprint density at radius 1 is 1.05 bits per heavy atom. The predicted molar refractivity (Wildman–Crippen MR) is 131 cm³/mol. The average molecular weight is 595 g/mol. The molecule has 16 heteroatoms. The van der Waals surface area contributed by atoms with E-state index in [-0.39, 0.29) is 18.8 Å². The zero-order chi connectivity index (χ0) is 30.5. The van der Waals surface area contributed by atoms with E-state index in [9.17, 15) is 50.2 Å². The van der Waals surface area contributed by atoms with Crippen LogP contribution in [0.15, 0.2) is 53.6 Å². The molecule has 1 unspecified atom stereocenters. The SMILES string of the molecule is O=C(NC(c1c(F)cccc1F)C(F)(F)F)c1cn(-c2ncc(F)cc2F)c2nc(N3C[C@@H](O)CC3=O)ccc2c1=O. The van der Waals surface area contributed by atoms with Crippen LogP contribution in [0.3, 0.4) is 0 Å². The number of aliphatic hydroxyl groups excluding tert-OH is 1. The van der Waals surface area contributed by atoms with Crippen molar-refractivity contribution in [3.8, 4) is 5.82 Å². The number of aromatic nitrogens is 3. The highest BCUT2D eigenvalue weighted by atomic mass is 19.4. The lowest BCUT2D eigenvalue weighted by Gasteiger charge is -2.23. The molecule has 1 fully saturated rings. The highest BCUT2D eigenvalue weighted by molar-refractivity contribution is 5.99. The van der Waals surface area contributed by atoms with Crippen LogP contribution in [-0.2, 0) is 4.79 Å². The van der Waals surface area contributed by atoms with Gasteiger partial charge in [-0.2, -0.15) is 13.2 Å². The number of nitrogens with one attached hydrogen (secondary N) is 1. The minimum atomic E-state index is -5.43. The van der Waals surface area contributed by atoms with Crippen LogP contribution in [0, 0.1) is 23.3 Å². The van der Waals surface area contributed by atoms with Crippen LogP contribution in [-0.4, -0.2) is 50.3 Å². The van der Waals surface area contributed by atoms with Crippen molar-refractivity contribution in [2.45, 2.75) is 24.7 Å². The third-order valence-electron chi connectivity index (χ3n) is 6.37. The van der Waals surface area contributed by atoms with E-state index in [0.717, 1.165) is 23.1 Å². The molecule has 0 radical (unpaired) electrons. The summed E-state index contributed by atoms with van der Waals surface area (Å²) in [5.41, 5.74) is -4.23. The van der Waals surface area contributed by atoms with Gasteiger partial charge in [-0.25, -0.2) is 27.5 Å². The molecule has 1 aromatic carbocycles. The molecule has 4 aromatic rings. The molecule has 42 heavy (non-hydrogen) atoms. The second kappa shape index (κ2) is 10.5. The van der Waals surface area contributed by atoms with Gasteiger partial charge in [-0.05, 0) is 24.3 Å². The van der Waals surface area contributed by atoms with E-state index in [1.54, 1.807) is 0 Å². The number of nitrogens with zero attached hydrogens (tertiary/aromatic N) is 4. The zero-order valence-electron chi connectivity index (χ0n) is 20.8. The second-order valence-corrected chi connectivity index (χ2v) is 9.19. The summed E-state index contributed by atoms with van der Waals surface area (Å²) >= 11 is 0. The molecule has 2 atom stereocenters. The number of carbonyl (C=O) groups excluding carboxylic acids is 2. The van der Waals surface area contributed by atoms with Gasteiger partial charge in [0.1, 0.15) is 28.8 Å². The van der Waals surface area contributed by atoms with E-state index >= 15 is 0 Å². The van der Waals surface area contributed by atoms with E-state index in [1.165, 1.54) is 5.32 Å². The Balaban J connectivity index is 1.69. The Labute approximate surface area is 229 Å². The summed E-state index contributed by atoms with van der Waals surface area (Å²) in [6.45, 7) is -0.170. The number of hydrogen-bond acceptors (Lipinski definition) is 6. The summed E-state index contributed by atoms with van der Waals surface area (Å²) < 4.78 is 99.3. The van der Waals surface area contributed by atoms with Gasteiger partial charge >= 0.3 is 6.18 Å². The standard InChI is InChI=1S/C26H16F7N5O4/c27-11-6-17(30)24(34-8-11)38-10-14(25(42)36-22(26(31,32)33)20-15(28)2-1-3-16(20)29)21(41)13-4-5-18(35-23(13)38)37-9-12(39)7-19(37)40/h1-6,8,10,12,22,39H,7,9H2,(H,36,42)/t12-,22?/m0/s1. The Hall–Kier alpha value is -4.86. The summed E-state index contributed by atoms with van der Waals surface area (Å²) in [6, 6.07) is 1.26. The molecule has 2 N–H and O–H groups in total. The molecule has 1 aliphatic heterocycles. The summed E-state index contributed by atoms with van der Waals surface area (Å²) in [7, 11) is 0. The molecule has 9 nitrogen and oxygen atoms in total. The van der Waals surface area contributed by atoms with Gasteiger partial charge in [0.15, 0.2) is 23.3 Å². The topological polar surface area (TPSA) is 117 Å². The fraction of sp³-hybridized carbons (Fsp3) is 0.192. The maximum Gasteiger partial charge on any atom is 0.413 e. The first kappa shape index (κ1) is 28.7. The van der Waals surface area contributed by atoms with E-state index in [4.69, 9.17) is 0 Å². The largest absolute Gasteiger partial charge is 0.413 e. The quantitative estimate of drug-likeness (QED) is 0.342. The van der Waals surface area contributed by atoms with Crippen molar-refractivity contribution in [2.75, 3.05) is 11.4 Å². The second-order valence-electron chi connectivity index (χ2n) is 9.19. The van der Waals surface area contributed by atoms with Crippen molar-refractivity contribution in [3.05, 3.63) is 93.4 Å². The van der Waals surface area contributed by atoms with Gasteiger partial charge in [0.25, 0.3) is 5.91 Å². The number of pyridine rings is 3. The predicted octanol–water partition coefficient (Wildman–Crippen LogP) is 3.47. The van der Waals surface area contributed by atoms with Crippen molar-refractivity contribution in [1.29, 1.82) is 0 Å². The molecule has 3 aromatic heterocycles. The maximum atomic E-state index is 14.8. The number of halogens is 7. The van der Waals surface area contributed by atoms with Gasteiger partial charge in [-0.3, -0.25) is 23.9 Å². The van der Waals surface area contributed by atoms with Gasteiger partial charge in [0.2, 0.25) is 11.3 Å². The number of hydrogen-bond donors (Lipinski definition) is 2. The average Bonchev–Trinajstić information content (AvgIpc) is 3.25. The number of rotatable bonds is 5. The number of β-amino-alcohol motifs (C(OH)–C–C–N with tert-alkyl or cyclic N) is 1. The van der Waals surface area contributed by atoms with Crippen molar-refractivity contribution in [1.82, 2.24) is 19.9 Å². The molecule has 2 amide bonds. The van der Waals surface area contributed by atoms with E-state index < -0.39 is 86.8 Å². The van der Waals surface area contributed by atoms with Crippen molar-refractivity contribution in [2.24, 2.45) is 0 Å². The normalized spacial score (nSPS) is 16.2. The number of fused-ring (bicyclic) bond motifs is 1.